The summed E-state index contributed by atoms with van der Waals surface area (Å²) in [5.74, 6) is 1.73. The first-order valence-electron chi connectivity index (χ1n) is 6.07. The van der Waals surface area contributed by atoms with Crippen LogP contribution in [0.3, 0.4) is 0 Å². The SMILES string of the molecule is CCC(CC)NCCN1CCS(=O)CC1. The van der Waals surface area contributed by atoms with E-state index in [0.717, 1.165) is 37.7 Å². The summed E-state index contributed by atoms with van der Waals surface area (Å²) < 4.78 is 11.2. The second-order valence-corrected chi connectivity index (χ2v) is 5.85. The van der Waals surface area contributed by atoms with Crippen molar-refractivity contribution in [3.05, 3.63) is 0 Å². The van der Waals surface area contributed by atoms with Crippen molar-refractivity contribution in [3.63, 3.8) is 0 Å². The van der Waals surface area contributed by atoms with Gasteiger partial charge in [0.05, 0.1) is 0 Å². The summed E-state index contributed by atoms with van der Waals surface area (Å²) in [6, 6.07) is 0.670. The third kappa shape index (κ3) is 5.09. The lowest BCUT2D eigenvalue weighted by atomic mass is 10.2. The zero-order chi connectivity index (χ0) is 11.1. The summed E-state index contributed by atoms with van der Waals surface area (Å²) in [6.45, 7) is 8.65. The van der Waals surface area contributed by atoms with Crippen LogP contribution in [0.15, 0.2) is 0 Å². The second-order valence-electron chi connectivity index (χ2n) is 4.16. The summed E-state index contributed by atoms with van der Waals surface area (Å²) in [4.78, 5) is 2.41. The van der Waals surface area contributed by atoms with Gasteiger partial charge in [-0.15, -0.1) is 0 Å². The van der Waals surface area contributed by atoms with Crippen molar-refractivity contribution in [2.24, 2.45) is 0 Å². The van der Waals surface area contributed by atoms with Crippen molar-refractivity contribution in [2.75, 3.05) is 37.7 Å². The van der Waals surface area contributed by atoms with Gasteiger partial charge in [0.25, 0.3) is 0 Å². The quantitative estimate of drug-likeness (QED) is 0.736. The fraction of sp³-hybridized carbons (Fsp3) is 1.00. The number of hydrogen-bond acceptors (Lipinski definition) is 3. The fourth-order valence-electron chi connectivity index (χ4n) is 1.90. The van der Waals surface area contributed by atoms with Crippen LogP contribution in [-0.4, -0.2) is 52.8 Å². The minimum atomic E-state index is -0.541. The molecule has 0 aromatic rings. The van der Waals surface area contributed by atoms with E-state index in [2.05, 4.69) is 24.1 Å². The first kappa shape index (κ1) is 13.1. The minimum Gasteiger partial charge on any atom is -0.313 e. The van der Waals surface area contributed by atoms with Gasteiger partial charge in [-0.2, -0.15) is 0 Å². The minimum absolute atomic E-state index is 0.541. The van der Waals surface area contributed by atoms with Crippen LogP contribution in [-0.2, 0) is 10.8 Å². The second kappa shape index (κ2) is 7.36. The summed E-state index contributed by atoms with van der Waals surface area (Å²) >= 11 is 0. The van der Waals surface area contributed by atoms with Crippen molar-refractivity contribution in [2.45, 2.75) is 32.7 Å². The zero-order valence-electron chi connectivity index (χ0n) is 10.00. The zero-order valence-corrected chi connectivity index (χ0v) is 10.8. The van der Waals surface area contributed by atoms with E-state index in [1.165, 1.54) is 12.8 Å². The molecule has 1 rings (SSSR count). The molecule has 0 unspecified atom stereocenters. The third-order valence-corrected chi connectivity index (χ3v) is 4.39. The lowest BCUT2D eigenvalue weighted by Crippen LogP contribution is -2.42. The monoisotopic (exact) mass is 232 g/mol. The van der Waals surface area contributed by atoms with Crippen molar-refractivity contribution < 1.29 is 4.21 Å². The summed E-state index contributed by atoms with van der Waals surface area (Å²) in [6.07, 6.45) is 2.42. The topological polar surface area (TPSA) is 32.3 Å². The Morgan fingerprint density at radius 2 is 1.87 bits per heavy atom. The van der Waals surface area contributed by atoms with Crippen molar-refractivity contribution in [1.29, 1.82) is 0 Å². The van der Waals surface area contributed by atoms with Crippen LogP contribution in [0.2, 0.25) is 0 Å². The maximum Gasteiger partial charge on any atom is 0.0363 e. The van der Waals surface area contributed by atoms with Gasteiger partial charge in [0.15, 0.2) is 0 Å². The fourth-order valence-corrected chi connectivity index (χ4v) is 3.03. The number of rotatable bonds is 6. The van der Waals surface area contributed by atoms with Crippen LogP contribution in [0.25, 0.3) is 0 Å². The molecule has 0 aliphatic carbocycles. The molecule has 15 heavy (non-hydrogen) atoms. The Morgan fingerprint density at radius 3 is 2.40 bits per heavy atom. The molecule has 90 valence electrons. The van der Waals surface area contributed by atoms with E-state index in [4.69, 9.17) is 0 Å². The molecule has 0 bridgehead atoms. The van der Waals surface area contributed by atoms with Gasteiger partial charge in [-0.05, 0) is 12.8 Å². The first-order valence-corrected chi connectivity index (χ1v) is 7.55. The molecule has 1 aliphatic rings. The first-order chi connectivity index (χ1) is 7.26. The molecule has 1 saturated heterocycles. The highest BCUT2D eigenvalue weighted by Crippen LogP contribution is 2.00. The standard InChI is InChI=1S/C11H24N2OS/c1-3-11(4-2)12-5-6-13-7-9-15(14)10-8-13/h11-12H,3-10H2,1-2H3. The molecule has 0 amide bonds. The Morgan fingerprint density at radius 1 is 1.27 bits per heavy atom. The Labute approximate surface area is 96.1 Å². The maximum absolute atomic E-state index is 11.2. The molecule has 1 aliphatic heterocycles. The summed E-state index contributed by atoms with van der Waals surface area (Å²) in [5, 5.41) is 3.56. The lowest BCUT2D eigenvalue weighted by molar-refractivity contribution is 0.290. The summed E-state index contributed by atoms with van der Waals surface area (Å²) in [5.41, 5.74) is 0. The highest BCUT2D eigenvalue weighted by molar-refractivity contribution is 7.85. The van der Waals surface area contributed by atoms with Crippen LogP contribution < -0.4 is 5.32 Å². The van der Waals surface area contributed by atoms with Crippen molar-refractivity contribution in [3.8, 4) is 0 Å². The molecule has 0 atom stereocenters. The smallest absolute Gasteiger partial charge is 0.0363 e. The van der Waals surface area contributed by atoms with Gasteiger partial charge in [-0.3, -0.25) is 4.21 Å². The molecule has 1 heterocycles. The predicted octanol–water partition coefficient (Wildman–Crippen LogP) is 0.829. The molecule has 0 radical (unpaired) electrons. The molecule has 1 fully saturated rings. The van der Waals surface area contributed by atoms with E-state index >= 15 is 0 Å². The van der Waals surface area contributed by atoms with Crippen LogP contribution in [0.4, 0.5) is 0 Å². The lowest BCUT2D eigenvalue weighted by Gasteiger charge is -2.27. The number of hydrogen-bond donors (Lipinski definition) is 1. The average molecular weight is 232 g/mol. The van der Waals surface area contributed by atoms with E-state index in [1.54, 1.807) is 0 Å². The number of nitrogens with zero attached hydrogens (tertiary/aromatic N) is 1. The third-order valence-electron chi connectivity index (χ3n) is 3.12. The Hall–Kier alpha value is 0.0700. The highest BCUT2D eigenvalue weighted by atomic mass is 32.2. The highest BCUT2D eigenvalue weighted by Gasteiger charge is 2.14. The molecular formula is C11H24N2OS. The van der Waals surface area contributed by atoms with Gasteiger partial charge >= 0.3 is 0 Å². The van der Waals surface area contributed by atoms with Gasteiger partial charge in [-0.25, -0.2) is 0 Å². The van der Waals surface area contributed by atoms with Gasteiger partial charge in [0.2, 0.25) is 0 Å². The van der Waals surface area contributed by atoms with Gasteiger partial charge < -0.3 is 10.2 Å². The maximum atomic E-state index is 11.2. The van der Waals surface area contributed by atoms with E-state index in [0.29, 0.717) is 6.04 Å². The Balaban J connectivity index is 2.07. The Bertz CT molecular complexity index is 185. The summed E-state index contributed by atoms with van der Waals surface area (Å²) in [7, 11) is -0.541. The van der Waals surface area contributed by atoms with Gasteiger partial charge in [-0.1, -0.05) is 13.8 Å². The van der Waals surface area contributed by atoms with Crippen LogP contribution >= 0.6 is 0 Å². The number of nitrogens with one attached hydrogen (secondary N) is 1. The van der Waals surface area contributed by atoms with Crippen LogP contribution in [0.5, 0.6) is 0 Å². The predicted molar refractivity (Wildman–Crippen MR) is 66.7 cm³/mol. The van der Waals surface area contributed by atoms with Crippen molar-refractivity contribution >= 4 is 10.8 Å². The van der Waals surface area contributed by atoms with Gasteiger partial charge in [0.1, 0.15) is 0 Å². The van der Waals surface area contributed by atoms with E-state index in [-0.39, 0.29) is 0 Å². The molecule has 4 heteroatoms. The molecule has 0 spiro atoms. The molecule has 0 saturated carbocycles. The largest absolute Gasteiger partial charge is 0.313 e. The van der Waals surface area contributed by atoms with E-state index in [9.17, 15) is 4.21 Å². The normalized spacial score (nSPS) is 19.9. The molecule has 3 nitrogen and oxygen atoms in total. The van der Waals surface area contributed by atoms with E-state index in [1.807, 2.05) is 0 Å². The molecule has 0 aromatic carbocycles. The molecular weight excluding hydrogens is 208 g/mol. The average Bonchev–Trinajstić information content (AvgIpc) is 2.27. The van der Waals surface area contributed by atoms with Crippen LogP contribution in [0.1, 0.15) is 26.7 Å². The molecule has 0 aromatic heterocycles. The van der Waals surface area contributed by atoms with Gasteiger partial charge in [0, 0.05) is 54.5 Å². The van der Waals surface area contributed by atoms with Crippen molar-refractivity contribution in [1.82, 2.24) is 10.2 Å². The molecule has 1 N–H and O–H groups in total. The Kier molecular flexibility index (Phi) is 6.45. The van der Waals surface area contributed by atoms with E-state index < -0.39 is 10.8 Å². The van der Waals surface area contributed by atoms with Crippen LogP contribution in [0, 0.1) is 0 Å².